The lowest BCUT2D eigenvalue weighted by Crippen LogP contribution is -2.14. The summed E-state index contributed by atoms with van der Waals surface area (Å²) in [7, 11) is 0. The minimum absolute atomic E-state index is 0.176. The van der Waals surface area contributed by atoms with Crippen LogP contribution in [0.2, 0.25) is 0 Å². The molecule has 4 aromatic rings. The van der Waals surface area contributed by atoms with Crippen LogP contribution in [-0.2, 0) is 11.3 Å². The Bertz CT molecular complexity index is 1220. The van der Waals surface area contributed by atoms with Crippen molar-refractivity contribution in [2.75, 3.05) is 5.32 Å². The first-order chi connectivity index (χ1) is 14.4. The summed E-state index contributed by atoms with van der Waals surface area (Å²) in [4.78, 5) is 16.9. The average Bonchev–Trinajstić information content (AvgIpc) is 3.32. The van der Waals surface area contributed by atoms with Gasteiger partial charge in [0.15, 0.2) is 11.5 Å². The molecule has 0 radical (unpaired) electrons. The second-order valence-electron chi connectivity index (χ2n) is 7.19. The standard InChI is InChI=1S/C22H21BrFN5O/c1-14-12-15(2)25-21-20(14)22(28-9-3-4-10-28)27-29(21)11-5-6-19(30)26-18-8-7-16(23)13-17(18)24/h3-4,7-10,12-13H,5-6,11H2,1-2H3,(H,26,30). The summed E-state index contributed by atoms with van der Waals surface area (Å²) < 4.78 is 18.4. The summed E-state index contributed by atoms with van der Waals surface area (Å²) in [5, 5.41) is 8.38. The molecule has 0 bridgehead atoms. The van der Waals surface area contributed by atoms with Gasteiger partial charge in [-0.05, 0) is 62.2 Å². The maximum atomic E-state index is 13.9. The van der Waals surface area contributed by atoms with Crippen molar-refractivity contribution in [1.29, 1.82) is 0 Å². The van der Waals surface area contributed by atoms with E-state index in [0.717, 1.165) is 28.1 Å². The van der Waals surface area contributed by atoms with Gasteiger partial charge >= 0.3 is 0 Å². The van der Waals surface area contributed by atoms with Gasteiger partial charge in [-0.25, -0.2) is 14.1 Å². The summed E-state index contributed by atoms with van der Waals surface area (Å²) in [6, 6.07) is 10.5. The molecule has 1 aromatic carbocycles. The number of aromatic nitrogens is 4. The highest BCUT2D eigenvalue weighted by atomic mass is 79.9. The number of anilines is 1. The molecule has 154 valence electrons. The number of pyridine rings is 1. The van der Waals surface area contributed by atoms with E-state index in [-0.39, 0.29) is 18.0 Å². The van der Waals surface area contributed by atoms with Gasteiger partial charge in [-0.2, -0.15) is 5.10 Å². The highest BCUT2D eigenvalue weighted by molar-refractivity contribution is 9.10. The molecule has 0 saturated heterocycles. The Labute approximate surface area is 181 Å². The minimum atomic E-state index is -0.470. The van der Waals surface area contributed by atoms with E-state index in [2.05, 4.69) is 33.2 Å². The van der Waals surface area contributed by atoms with Gasteiger partial charge in [-0.1, -0.05) is 15.9 Å². The van der Waals surface area contributed by atoms with E-state index in [9.17, 15) is 9.18 Å². The van der Waals surface area contributed by atoms with Gasteiger partial charge in [0.1, 0.15) is 5.82 Å². The van der Waals surface area contributed by atoms with Crippen LogP contribution in [0.3, 0.4) is 0 Å². The first-order valence-corrected chi connectivity index (χ1v) is 10.4. The number of hydrogen-bond donors (Lipinski definition) is 1. The molecular formula is C22H21BrFN5O. The zero-order valence-corrected chi connectivity index (χ0v) is 18.3. The molecule has 30 heavy (non-hydrogen) atoms. The Balaban J connectivity index is 1.51. The molecule has 0 spiro atoms. The quantitative estimate of drug-likeness (QED) is 0.424. The Hall–Kier alpha value is -3.00. The predicted molar refractivity (Wildman–Crippen MR) is 118 cm³/mol. The number of aryl methyl sites for hydroxylation is 3. The smallest absolute Gasteiger partial charge is 0.224 e. The third-order valence-electron chi connectivity index (χ3n) is 4.84. The van der Waals surface area contributed by atoms with Gasteiger partial charge in [-0.3, -0.25) is 4.79 Å². The summed E-state index contributed by atoms with van der Waals surface area (Å²) in [6.07, 6.45) is 4.71. The molecule has 1 amide bonds. The van der Waals surface area contributed by atoms with Crippen LogP contribution in [0.15, 0.2) is 53.3 Å². The van der Waals surface area contributed by atoms with Crippen molar-refractivity contribution in [3.63, 3.8) is 0 Å². The Kier molecular flexibility index (Phi) is 5.67. The zero-order valence-electron chi connectivity index (χ0n) is 16.7. The number of benzene rings is 1. The maximum absolute atomic E-state index is 13.9. The number of amides is 1. The van der Waals surface area contributed by atoms with E-state index in [1.54, 1.807) is 6.07 Å². The van der Waals surface area contributed by atoms with Crippen LogP contribution >= 0.6 is 15.9 Å². The zero-order chi connectivity index (χ0) is 21.3. The number of carbonyl (C=O) groups excluding carboxylic acids is 1. The predicted octanol–water partition coefficient (Wildman–Crippen LogP) is 5.16. The maximum Gasteiger partial charge on any atom is 0.224 e. The third-order valence-corrected chi connectivity index (χ3v) is 5.33. The number of rotatable bonds is 6. The Morgan fingerprint density at radius 1 is 1.20 bits per heavy atom. The number of hydrogen-bond acceptors (Lipinski definition) is 3. The molecule has 0 fully saturated rings. The van der Waals surface area contributed by atoms with Crippen molar-refractivity contribution >= 4 is 38.6 Å². The molecule has 0 aliphatic rings. The van der Waals surface area contributed by atoms with E-state index in [1.165, 1.54) is 12.1 Å². The highest BCUT2D eigenvalue weighted by Crippen LogP contribution is 2.25. The van der Waals surface area contributed by atoms with Gasteiger partial charge in [0.25, 0.3) is 0 Å². The van der Waals surface area contributed by atoms with Crippen LogP contribution in [0, 0.1) is 19.7 Å². The van der Waals surface area contributed by atoms with E-state index >= 15 is 0 Å². The molecule has 1 N–H and O–H groups in total. The Morgan fingerprint density at radius 2 is 1.97 bits per heavy atom. The second-order valence-corrected chi connectivity index (χ2v) is 8.11. The largest absolute Gasteiger partial charge is 0.324 e. The van der Waals surface area contributed by atoms with E-state index in [1.807, 2.05) is 46.8 Å². The summed E-state index contributed by atoms with van der Waals surface area (Å²) in [5.41, 5.74) is 3.01. The average molecular weight is 470 g/mol. The van der Waals surface area contributed by atoms with Crippen molar-refractivity contribution in [2.24, 2.45) is 0 Å². The first-order valence-electron chi connectivity index (χ1n) is 9.65. The lowest BCUT2D eigenvalue weighted by Gasteiger charge is -2.07. The van der Waals surface area contributed by atoms with Gasteiger partial charge < -0.3 is 9.88 Å². The molecule has 3 heterocycles. The molecule has 0 saturated carbocycles. The van der Waals surface area contributed by atoms with Crippen molar-refractivity contribution in [3.8, 4) is 5.82 Å². The first kappa shape index (κ1) is 20.3. The SMILES string of the molecule is Cc1cc(C)c2c(-n3cccc3)nn(CCCC(=O)Nc3ccc(Br)cc3F)c2n1. The van der Waals surface area contributed by atoms with Crippen LogP contribution in [0.4, 0.5) is 10.1 Å². The Morgan fingerprint density at radius 3 is 2.70 bits per heavy atom. The van der Waals surface area contributed by atoms with Gasteiger partial charge in [0.05, 0.1) is 11.1 Å². The van der Waals surface area contributed by atoms with Gasteiger partial charge in [0.2, 0.25) is 5.91 Å². The molecular weight excluding hydrogens is 449 g/mol. The van der Waals surface area contributed by atoms with Gasteiger partial charge in [-0.15, -0.1) is 0 Å². The number of fused-ring (bicyclic) bond motifs is 1. The summed E-state index contributed by atoms with van der Waals surface area (Å²) >= 11 is 3.21. The van der Waals surface area contributed by atoms with E-state index in [0.29, 0.717) is 17.4 Å². The normalized spacial score (nSPS) is 11.2. The van der Waals surface area contributed by atoms with Gasteiger partial charge in [0, 0.05) is 35.5 Å². The topological polar surface area (TPSA) is 64.7 Å². The van der Waals surface area contributed by atoms with Crippen molar-refractivity contribution in [2.45, 2.75) is 33.2 Å². The van der Waals surface area contributed by atoms with E-state index in [4.69, 9.17) is 5.10 Å². The van der Waals surface area contributed by atoms with Crippen LogP contribution in [0.5, 0.6) is 0 Å². The number of halogens is 2. The molecule has 6 nitrogen and oxygen atoms in total. The molecule has 0 aliphatic heterocycles. The molecule has 3 aromatic heterocycles. The van der Waals surface area contributed by atoms with Crippen molar-refractivity contribution in [3.05, 3.63) is 70.3 Å². The van der Waals surface area contributed by atoms with E-state index < -0.39 is 5.82 Å². The van der Waals surface area contributed by atoms with Crippen LogP contribution < -0.4 is 5.32 Å². The molecule has 4 rings (SSSR count). The van der Waals surface area contributed by atoms with Crippen molar-refractivity contribution in [1.82, 2.24) is 19.3 Å². The fourth-order valence-electron chi connectivity index (χ4n) is 3.50. The number of nitrogens with zero attached hydrogens (tertiary/aromatic N) is 4. The number of nitrogens with one attached hydrogen (secondary N) is 1. The third kappa shape index (κ3) is 4.14. The summed E-state index contributed by atoms with van der Waals surface area (Å²) in [6.45, 7) is 4.54. The molecule has 8 heteroatoms. The molecule has 0 unspecified atom stereocenters. The number of carbonyl (C=O) groups is 1. The van der Waals surface area contributed by atoms with Crippen LogP contribution in [-0.4, -0.2) is 25.2 Å². The lowest BCUT2D eigenvalue weighted by atomic mass is 10.2. The monoisotopic (exact) mass is 469 g/mol. The minimum Gasteiger partial charge on any atom is -0.324 e. The highest BCUT2D eigenvalue weighted by Gasteiger charge is 2.16. The fourth-order valence-corrected chi connectivity index (χ4v) is 3.83. The lowest BCUT2D eigenvalue weighted by molar-refractivity contribution is -0.116. The fraction of sp³-hybridized carbons (Fsp3) is 0.227. The van der Waals surface area contributed by atoms with Crippen LogP contribution in [0.25, 0.3) is 16.9 Å². The van der Waals surface area contributed by atoms with Crippen molar-refractivity contribution < 1.29 is 9.18 Å². The summed E-state index contributed by atoms with van der Waals surface area (Å²) in [5.74, 6) is 0.113. The van der Waals surface area contributed by atoms with Crippen LogP contribution in [0.1, 0.15) is 24.1 Å². The molecule has 0 atom stereocenters. The second kappa shape index (κ2) is 8.39. The molecule has 0 aliphatic carbocycles.